The second kappa shape index (κ2) is 5.50. The van der Waals surface area contributed by atoms with Crippen molar-refractivity contribution in [1.29, 1.82) is 0 Å². The average molecular weight is 297 g/mol. The fourth-order valence-electron chi connectivity index (χ4n) is 2.46. The number of hydrogen-bond acceptors (Lipinski definition) is 4. The number of nitrogens with zero attached hydrogens (tertiary/aromatic N) is 3. The van der Waals surface area contributed by atoms with Crippen molar-refractivity contribution in [2.24, 2.45) is 0 Å². The summed E-state index contributed by atoms with van der Waals surface area (Å²) in [5, 5.41) is 4.27. The molecule has 0 radical (unpaired) electrons. The van der Waals surface area contributed by atoms with Crippen molar-refractivity contribution in [2.75, 3.05) is 5.32 Å². The number of pyridine rings is 1. The lowest BCUT2D eigenvalue weighted by molar-refractivity contribution is 1.18. The van der Waals surface area contributed by atoms with Gasteiger partial charge in [0.25, 0.3) is 0 Å². The van der Waals surface area contributed by atoms with Gasteiger partial charge in [0.05, 0.1) is 5.39 Å². The summed E-state index contributed by atoms with van der Waals surface area (Å²) in [4.78, 5) is 12.7. The highest BCUT2D eigenvalue weighted by molar-refractivity contribution is 5.88. The fraction of sp³-hybridized carbons (Fsp3) is 0.0625. The van der Waals surface area contributed by atoms with Crippen molar-refractivity contribution in [3.8, 4) is 0 Å². The van der Waals surface area contributed by atoms with E-state index < -0.39 is 0 Å². The molecule has 0 saturated carbocycles. The molecular formula is C16H13ClN4. The summed E-state index contributed by atoms with van der Waals surface area (Å²) >= 11 is 0. The highest BCUT2D eigenvalue weighted by Gasteiger charge is 2.08. The van der Waals surface area contributed by atoms with Gasteiger partial charge in [-0.25, -0.2) is 15.0 Å². The van der Waals surface area contributed by atoms with Crippen LogP contribution in [0.5, 0.6) is 0 Å². The zero-order chi connectivity index (χ0) is 13.4. The monoisotopic (exact) mass is 296 g/mol. The van der Waals surface area contributed by atoms with Gasteiger partial charge < -0.3 is 5.32 Å². The third kappa shape index (κ3) is 2.45. The van der Waals surface area contributed by atoms with Crippen molar-refractivity contribution >= 4 is 41.0 Å². The predicted molar refractivity (Wildman–Crippen MR) is 87.0 cm³/mol. The summed E-state index contributed by atoms with van der Waals surface area (Å²) in [5.41, 5.74) is 4.36. The fourth-order valence-corrected chi connectivity index (χ4v) is 2.46. The first-order valence-corrected chi connectivity index (χ1v) is 6.52. The maximum Gasteiger partial charge on any atom is 0.164 e. The molecule has 0 saturated heterocycles. The molecule has 0 atom stereocenters. The van der Waals surface area contributed by atoms with Crippen LogP contribution in [-0.4, -0.2) is 15.0 Å². The third-order valence-electron chi connectivity index (χ3n) is 3.45. The third-order valence-corrected chi connectivity index (χ3v) is 3.45. The van der Waals surface area contributed by atoms with Gasteiger partial charge in [-0.05, 0) is 41.8 Å². The Hall–Kier alpha value is -2.46. The van der Waals surface area contributed by atoms with Crippen LogP contribution in [0.25, 0.3) is 17.1 Å². The number of anilines is 2. The summed E-state index contributed by atoms with van der Waals surface area (Å²) in [6, 6.07) is 10.2. The van der Waals surface area contributed by atoms with E-state index in [2.05, 4.69) is 50.6 Å². The summed E-state index contributed by atoms with van der Waals surface area (Å²) in [6.45, 7) is 0. The number of hydrogen-bond donors (Lipinski definition) is 1. The molecule has 5 heteroatoms. The maximum atomic E-state index is 4.32. The summed E-state index contributed by atoms with van der Waals surface area (Å²) in [7, 11) is 0. The highest BCUT2D eigenvalue weighted by Crippen LogP contribution is 2.26. The lowest BCUT2D eigenvalue weighted by atomic mass is 10.1. The molecule has 0 fully saturated rings. The molecule has 1 aliphatic rings. The van der Waals surface area contributed by atoms with Gasteiger partial charge in [-0.15, -0.1) is 12.4 Å². The van der Waals surface area contributed by atoms with E-state index >= 15 is 0 Å². The number of aromatic nitrogens is 3. The smallest absolute Gasteiger partial charge is 0.164 e. The van der Waals surface area contributed by atoms with Crippen molar-refractivity contribution in [3.05, 3.63) is 60.1 Å². The minimum absolute atomic E-state index is 0. The van der Waals surface area contributed by atoms with Crippen molar-refractivity contribution in [3.63, 3.8) is 0 Å². The largest absolute Gasteiger partial charge is 0.340 e. The Morgan fingerprint density at radius 2 is 2.00 bits per heavy atom. The first-order valence-electron chi connectivity index (χ1n) is 6.52. The molecule has 0 bridgehead atoms. The topological polar surface area (TPSA) is 50.7 Å². The SMILES string of the molecule is C1=Cc2cc(Nc3ncnc4ncccc34)ccc2C1.Cl. The number of benzene rings is 1. The van der Waals surface area contributed by atoms with Crippen LogP contribution in [0.4, 0.5) is 11.5 Å². The molecule has 4 rings (SSSR count). The van der Waals surface area contributed by atoms with E-state index in [1.165, 1.54) is 17.5 Å². The van der Waals surface area contributed by atoms with Crippen molar-refractivity contribution in [1.82, 2.24) is 15.0 Å². The Bertz CT molecular complexity index is 824. The molecule has 0 amide bonds. The van der Waals surface area contributed by atoms with E-state index in [9.17, 15) is 0 Å². The first kappa shape index (κ1) is 13.5. The van der Waals surface area contributed by atoms with E-state index in [4.69, 9.17) is 0 Å². The zero-order valence-corrected chi connectivity index (χ0v) is 12.0. The number of allylic oxidation sites excluding steroid dienone is 1. The highest BCUT2D eigenvalue weighted by atomic mass is 35.5. The zero-order valence-electron chi connectivity index (χ0n) is 11.2. The Balaban J connectivity index is 0.00000132. The van der Waals surface area contributed by atoms with Gasteiger partial charge in [-0.1, -0.05) is 18.2 Å². The quantitative estimate of drug-likeness (QED) is 0.782. The van der Waals surface area contributed by atoms with E-state index in [1.54, 1.807) is 6.20 Å². The maximum absolute atomic E-state index is 4.32. The Morgan fingerprint density at radius 3 is 2.95 bits per heavy atom. The van der Waals surface area contributed by atoms with E-state index in [1.807, 2.05) is 12.1 Å². The second-order valence-electron chi connectivity index (χ2n) is 4.74. The Labute approximate surface area is 128 Å². The lowest BCUT2D eigenvalue weighted by Gasteiger charge is -2.09. The molecule has 4 nitrogen and oxygen atoms in total. The van der Waals surface area contributed by atoms with Gasteiger partial charge in [-0.3, -0.25) is 0 Å². The number of rotatable bonds is 2. The molecule has 104 valence electrons. The van der Waals surface area contributed by atoms with Crippen LogP contribution >= 0.6 is 12.4 Å². The first-order chi connectivity index (χ1) is 9.90. The average Bonchev–Trinajstić information content (AvgIpc) is 2.95. The summed E-state index contributed by atoms with van der Waals surface area (Å²) in [6.07, 6.45) is 8.62. The van der Waals surface area contributed by atoms with Gasteiger partial charge in [0.1, 0.15) is 12.1 Å². The van der Waals surface area contributed by atoms with Crippen LogP contribution in [0.1, 0.15) is 11.1 Å². The standard InChI is InChI=1S/C16H12N4.ClH/c1-3-11-6-7-13(9-12(11)4-1)20-16-14-5-2-8-17-15(14)18-10-19-16;/h1-2,4-10H,3H2,(H,17,18,19,20);1H. The van der Waals surface area contributed by atoms with Crippen LogP contribution in [0.2, 0.25) is 0 Å². The van der Waals surface area contributed by atoms with Crippen LogP contribution in [0.15, 0.2) is 48.9 Å². The van der Waals surface area contributed by atoms with Crippen LogP contribution < -0.4 is 5.32 Å². The van der Waals surface area contributed by atoms with Crippen molar-refractivity contribution < 1.29 is 0 Å². The van der Waals surface area contributed by atoms with E-state index in [0.717, 1.165) is 23.3 Å². The normalized spacial score (nSPS) is 12.0. The molecule has 3 aromatic rings. The molecule has 0 spiro atoms. The summed E-state index contributed by atoms with van der Waals surface area (Å²) < 4.78 is 0. The minimum Gasteiger partial charge on any atom is -0.340 e. The number of fused-ring (bicyclic) bond motifs is 2. The minimum atomic E-state index is 0. The number of nitrogens with one attached hydrogen (secondary N) is 1. The van der Waals surface area contributed by atoms with Gasteiger partial charge in [0.2, 0.25) is 0 Å². The molecule has 1 aromatic carbocycles. The van der Waals surface area contributed by atoms with Crippen LogP contribution in [-0.2, 0) is 6.42 Å². The van der Waals surface area contributed by atoms with Gasteiger partial charge in [0, 0.05) is 11.9 Å². The Kier molecular flexibility index (Phi) is 3.54. The van der Waals surface area contributed by atoms with Gasteiger partial charge >= 0.3 is 0 Å². The summed E-state index contributed by atoms with van der Waals surface area (Å²) in [5.74, 6) is 0.782. The molecule has 2 heterocycles. The molecule has 0 unspecified atom stereocenters. The molecule has 21 heavy (non-hydrogen) atoms. The molecule has 1 aliphatic carbocycles. The van der Waals surface area contributed by atoms with E-state index in [-0.39, 0.29) is 12.4 Å². The molecule has 1 N–H and O–H groups in total. The second-order valence-corrected chi connectivity index (χ2v) is 4.74. The molecule has 0 aliphatic heterocycles. The van der Waals surface area contributed by atoms with Crippen LogP contribution in [0.3, 0.4) is 0 Å². The van der Waals surface area contributed by atoms with Gasteiger partial charge in [0.15, 0.2) is 5.65 Å². The predicted octanol–water partition coefficient (Wildman–Crippen LogP) is 3.76. The van der Waals surface area contributed by atoms with Crippen LogP contribution in [0, 0.1) is 0 Å². The number of halogens is 1. The lowest BCUT2D eigenvalue weighted by Crippen LogP contribution is -1.97. The molecule has 2 aromatic heterocycles. The molecular weight excluding hydrogens is 284 g/mol. The van der Waals surface area contributed by atoms with Crippen molar-refractivity contribution in [2.45, 2.75) is 6.42 Å². The Morgan fingerprint density at radius 1 is 1.05 bits per heavy atom. The van der Waals surface area contributed by atoms with Gasteiger partial charge in [-0.2, -0.15) is 0 Å². The van der Waals surface area contributed by atoms with E-state index in [0.29, 0.717) is 5.65 Å².